The summed E-state index contributed by atoms with van der Waals surface area (Å²) >= 11 is -0.261. The van der Waals surface area contributed by atoms with Crippen molar-refractivity contribution in [3.8, 4) is 5.69 Å². The van der Waals surface area contributed by atoms with E-state index in [1.54, 1.807) is 4.68 Å². The first-order valence-electron chi connectivity index (χ1n) is 6.94. The zero-order valence-corrected chi connectivity index (χ0v) is 14.3. The van der Waals surface area contributed by atoms with E-state index in [0.29, 0.717) is 15.6 Å². The van der Waals surface area contributed by atoms with E-state index in [1.807, 2.05) is 30.3 Å². The molecule has 0 atom stereocenters. The molecule has 0 fully saturated rings. The van der Waals surface area contributed by atoms with Crippen molar-refractivity contribution >= 4 is 31.1 Å². The Kier molecular flexibility index (Phi) is 4.77. The van der Waals surface area contributed by atoms with E-state index in [4.69, 9.17) is 0 Å². The van der Waals surface area contributed by atoms with Crippen LogP contribution in [0.25, 0.3) is 5.69 Å². The molecule has 0 spiro atoms. The molecular weight excluding hydrogens is 395 g/mol. The molecule has 0 bridgehead atoms. The van der Waals surface area contributed by atoms with Gasteiger partial charge < -0.3 is 0 Å². The Balaban J connectivity index is 1.84. The summed E-state index contributed by atoms with van der Waals surface area (Å²) < 4.78 is 2.21. The van der Waals surface area contributed by atoms with Crippen molar-refractivity contribution in [2.75, 3.05) is 0 Å². The van der Waals surface area contributed by atoms with Gasteiger partial charge in [0, 0.05) is 0 Å². The van der Waals surface area contributed by atoms with Crippen molar-refractivity contribution in [1.29, 1.82) is 0 Å². The van der Waals surface area contributed by atoms with Gasteiger partial charge in [-0.25, -0.2) is 0 Å². The van der Waals surface area contributed by atoms with Crippen molar-refractivity contribution in [2.45, 2.75) is 5.32 Å². The number of aromatic nitrogens is 4. The zero-order chi connectivity index (χ0) is 17.8. The molecule has 2 aromatic carbocycles. The molecule has 0 radical (unpaired) electrons. The summed E-state index contributed by atoms with van der Waals surface area (Å²) in [4.78, 5) is 20.6. The van der Waals surface area contributed by atoms with Crippen LogP contribution in [0.2, 0.25) is 0 Å². The summed E-state index contributed by atoms with van der Waals surface area (Å²) in [6, 6.07) is 12.9. The Hall–Kier alpha value is -3.17. The fourth-order valence-electron chi connectivity index (χ4n) is 2.10. The van der Waals surface area contributed by atoms with Crippen molar-refractivity contribution in [2.24, 2.45) is 0 Å². The molecule has 1 aromatic heterocycles. The number of nitro benzene ring substituents is 2. The van der Waals surface area contributed by atoms with Gasteiger partial charge in [0.25, 0.3) is 0 Å². The van der Waals surface area contributed by atoms with Gasteiger partial charge in [-0.05, 0) is 0 Å². The second kappa shape index (κ2) is 7.16. The first-order chi connectivity index (χ1) is 12.0. The normalized spacial score (nSPS) is 10.6. The zero-order valence-electron chi connectivity index (χ0n) is 12.6. The molecule has 0 unspecified atom stereocenters. The molecule has 126 valence electrons. The average molecular weight is 405 g/mol. The molecule has 11 heteroatoms. The number of nitro groups is 2. The SMILES string of the molecule is O=[N+]([O-])c1cc(C[Se]c2nnnn2-c2ccccc2)cc([N+](=O)[O-])c1. The number of non-ortho nitro benzene ring substituents is 2. The van der Waals surface area contributed by atoms with Crippen molar-refractivity contribution in [1.82, 2.24) is 20.2 Å². The van der Waals surface area contributed by atoms with Crippen LogP contribution in [0.4, 0.5) is 11.4 Å². The van der Waals surface area contributed by atoms with E-state index in [2.05, 4.69) is 15.5 Å². The minimum atomic E-state index is -0.641. The summed E-state index contributed by atoms with van der Waals surface area (Å²) in [5.41, 5.74) is 0.697. The fourth-order valence-corrected chi connectivity index (χ4v) is 3.82. The monoisotopic (exact) mass is 406 g/mol. The second-order valence-corrected chi connectivity index (χ2v) is 6.85. The summed E-state index contributed by atoms with van der Waals surface area (Å²) in [6.45, 7) is 0. The van der Waals surface area contributed by atoms with E-state index < -0.39 is 9.85 Å². The van der Waals surface area contributed by atoms with Gasteiger partial charge in [-0.1, -0.05) is 0 Å². The van der Waals surface area contributed by atoms with Crippen LogP contribution in [0.1, 0.15) is 5.56 Å². The first kappa shape index (κ1) is 16.7. The predicted molar refractivity (Wildman–Crippen MR) is 88.0 cm³/mol. The van der Waals surface area contributed by atoms with E-state index >= 15 is 0 Å². The molecule has 0 saturated heterocycles. The molecule has 3 aromatic rings. The summed E-state index contributed by atoms with van der Waals surface area (Å²) in [5, 5.41) is 33.9. The van der Waals surface area contributed by atoms with Gasteiger partial charge in [0.2, 0.25) is 0 Å². The maximum atomic E-state index is 11.0. The maximum absolute atomic E-state index is 11.0. The number of para-hydroxylation sites is 1. The van der Waals surface area contributed by atoms with Crippen molar-refractivity contribution < 1.29 is 9.85 Å². The van der Waals surface area contributed by atoms with Crippen LogP contribution in [-0.2, 0) is 5.32 Å². The molecular formula is C14H10N6O4Se. The van der Waals surface area contributed by atoms with E-state index in [-0.39, 0.29) is 26.3 Å². The molecule has 25 heavy (non-hydrogen) atoms. The van der Waals surface area contributed by atoms with Gasteiger partial charge in [0.05, 0.1) is 0 Å². The standard InChI is InChI=1S/C14H10N6O4Se/c21-19(22)12-6-10(7-13(8-12)20(23)24)9-25-14-15-16-17-18(14)11-4-2-1-3-5-11/h1-8H,9H2. The fraction of sp³-hybridized carbons (Fsp3) is 0.0714. The molecule has 1 heterocycles. The van der Waals surface area contributed by atoms with Crippen molar-refractivity contribution in [3.63, 3.8) is 0 Å². The van der Waals surface area contributed by atoms with E-state index in [1.165, 1.54) is 12.1 Å². The Bertz CT molecular complexity index is 898. The molecule has 0 saturated carbocycles. The van der Waals surface area contributed by atoms with E-state index in [9.17, 15) is 20.2 Å². The third kappa shape index (κ3) is 3.84. The van der Waals surface area contributed by atoms with Crippen LogP contribution < -0.4 is 4.72 Å². The Labute approximate surface area is 146 Å². The quantitative estimate of drug-likeness (QED) is 0.340. The van der Waals surface area contributed by atoms with Crippen LogP contribution in [0.3, 0.4) is 0 Å². The first-order valence-corrected chi connectivity index (χ1v) is 9.01. The van der Waals surface area contributed by atoms with Crippen molar-refractivity contribution in [3.05, 3.63) is 74.3 Å². The molecule has 0 aliphatic rings. The summed E-state index contributed by atoms with van der Waals surface area (Å²) in [5.74, 6) is 0. The van der Waals surface area contributed by atoms with Gasteiger partial charge in [-0.3, -0.25) is 0 Å². The molecule has 3 rings (SSSR count). The third-order valence-electron chi connectivity index (χ3n) is 3.19. The Morgan fingerprint density at radius 1 is 1.00 bits per heavy atom. The van der Waals surface area contributed by atoms with Crippen LogP contribution in [0.15, 0.2) is 48.5 Å². The van der Waals surface area contributed by atoms with Gasteiger partial charge >= 0.3 is 146 Å². The molecule has 10 nitrogen and oxygen atoms in total. The Morgan fingerprint density at radius 3 is 2.24 bits per heavy atom. The predicted octanol–water partition coefficient (Wildman–Crippen LogP) is 1.01. The van der Waals surface area contributed by atoms with Gasteiger partial charge in [-0.2, -0.15) is 0 Å². The average Bonchev–Trinajstić information content (AvgIpc) is 3.09. The van der Waals surface area contributed by atoms with Crippen LogP contribution >= 0.6 is 0 Å². The van der Waals surface area contributed by atoms with Crippen LogP contribution in [0.5, 0.6) is 0 Å². The van der Waals surface area contributed by atoms with Gasteiger partial charge in [0.15, 0.2) is 0 Å². The summed E-state index contributed by atoms with van der Waals surface area (Å²) in [7, 11) is 0. The van der Waals surface area contributed by atoms with E-state index in [0.717, 1.165) is 11.8 Å². The molecule has 0 amide bonds. The number of benzene rings is 2. The third-order valence-corrected chi connectivity index (χ3v) is 5.27. The number of tetrazole rings is 1. The van der Waals surface area contributed by atoms with Crippen LogP contribution in [-0.4, -0.2) is 45.0 Å². The molecule has 0 aliphatic carbocycles. The number of hydrogen-bond acceptors (Lipinski definition) is 7. The van der Waals surface area contributed by atoms with Gasteiger partial charge in [0.1, 0.15) is 0 Å². The number of rotatable bonds is 6. The van der Waals surface area contributed by atoms with Gasteiger partial charge in [-0.15, -0.1) is 0 Å². The number of nitrogens with zero attached hydrogens (tertiary/aromatic N) is 6. The number of hydrogen-bond donors (Lipinski definition) is 0. The molecule has 0 aliphatic heterocycles. The second-order valence-electron chi connectivity index (χ2n) is 4.87. The molecule has 0 N–H and O–H groups in total. The summed E-state index contributed by atoms with van der Waals surface area (Å²) in [6.07, 6.45) is 0. The topological polar surface area (TPSA) is 130 Å². The van der Waals surface area contributed by atoms with Crippen LogP contribution in [0, 0.1) is 20.2 Å². The minimum absolute atomic E-state index is 0.261. The Morgan fingerprint density at radius 2 is 1.64 bits per heavy atom.